The van der Waals surface area contributed by atoms with Crippen molar-refractivity contribution in [1.29, 1.82) is 0 Å². The highest BCUT2D eigenvalue weighted by molar-refractivity contribution is 5.99. The molecule has 34 heavy (non-hydrogen) atoms. The molecule has 1 aliphatic carbocycles. The Labute approximate surface area is 195 Å². The number of nitrogens with zero attached hydrogens (tertiary/aromatic N) is 4. The van der Waals surface area contributed by atoms with Crippen molar-refractivity contribution in [2.75, 3.05) is 11.9 Å². The number of aromatic nitrogens is 3. The highest BCUT2D eigenvalue weighted by Gasteiger charge is 2.51. The van der Waals surface area contributed by atoms with Gasteiger partial charge in [-0.1, -0.05) is 37.3 Å². The van der Waals surface area contributed by atoms with Crippen LogP contribution in [0.1, 0.15) is 35.8 Å². The molecule has 1 aromatic carbocycles. The van der Waals surface area contributed by atoms with E-state index >= 15 is 0 Å². The van der Waals surface area contributed by atoms with E-state index in [-0.39, 0.29) is 23.9 Å². The van der Waals surface area contributed by atoms with Crippen molar-refractivity contribution in [1.82, 2.24) is 19.7 Å². The second-order valence-corrected chi connectivity index (χ2v) is 9.27. The summed E-state index contributed by atoms with van der Waals surface area (Å²) >= 11 is 0. The topological polar surface area (TPSA) is 63.1 Å². The number of pyridine rings is 1. The number of alkyl halides is 3. The van der Waals surface area contributed by atoms with E-state index < -0.39 is 11.7 Å². The van der Waals surface area contributed by atoms with Crippen LogP contribution in [0.2, 0.25) is 0 Å². The average Bonchev–Trinajstić information content (AvgIpc) is 3.18. The maximum atomic E-state index is 13.8. The van der Waals surface area contributed by atoms with Crippen LogP contribution < -0.4 is 5.32 Å². The Hall–Kier alpha value is -3.36. The number of piperidine rings is 2. The number of benzene rings is 1. The van der Waals surface area contributed by atoms with Crippen molar-refractivity contribution in [2.45, 2.75) is 38.0 Å². The van der Waals surface area contributed by atoms with Crippen LogP contribution in [0.25, 0.3) is 11.1 Å². The van der Waals surface area contributed by atoms with Gasteiger partial charge in [-0.05, 0) is 42.4 Å². The van der Waals surface area contributed by atoms with E-state index in [0.29, 0.717) is 24.0 Å². The number of anilines is 1. The Morgan fingerprint density at radius 1 is 1.15 bits per heavy atom. The minimum Gasteiger partial charge on any atom is -0.368 e. The van der Waals surface area contributed by atoms with Crippen LogP contribution in [0.3, 0.4) is 0 Å². The monoisotopic (exact) mass is 469 g/mol. The highest BCUT2D eigenvalue weighted by atomic mass is 19.4. The number of hydrogen-bond acceptors (Lipinski definition) is 4. The van der Waals surface area contributed by atoms with Crippen LogP contribution in [0.4, 0.5) is 19.0 Å². The molecular weight excluding hydrogens is 443 g/mol. The summed E-state index contributed by atoms with van der Waals surface area (Å²) in [6.07, 6.45) is 0.198. The highest BCUT2D eigenvalue weighted by Crippen LogP contribution is 2.47. The Kier molecular flexibility index (Phi) is 5.58. The van der Waals surface area contributed by atoms with Gasteiger partial charge in [-0.3, -0.25) is 9.48 Å². The van der Waals surface area contributed by atoms with Crippen molar-refractivity contribution < 1.29 is 18.0 Å². The van der Waals surface area contributed by atoms with E-state index in [0.717, 1.165) is 36.2 Å². The fourth-order valence-corrected chi connectivity index (χ4v) is 5.20. The van der Waals surface area contributed by atoms with Gasteiger partial charge < -0.3 is 10.2 Å². The van der Waals surface area contributed by atoms with E-state index in [4.69, 9.17) is 0 Å². The smallest absolute Gasteiger partial charge is 0.368 e. The molecule has 178 valence electrons. The number of fused-ring (bicyclic) bond motifs is 2. The molecule has 2 aliphatic heterocycles. The average molecular weight is 470 g/mol. The molecule has 6 rings (SSSR count). The van der Waals surface area contributed by atoms with E-state index in [1.807, 2.05) is 41.4 Å². The molecule has 3 fully saturated rings. The Balaban J connectivity index is 1.39. The molecule has 0 unspecified atom stereocenters. The van der Waals surface area contributed by atoms with Crippen LogP contribution in [-0.4, -0.2) is 44.2 Å². The molecule has 4 heterocycles. The van der Waals surface area contributed by atoms with Gasteiger partial charge in [0.2, 0.25) is 0 Å². The molecule has 2 atom stereocenters. The summed E-state index contributed by atoms with van der Waals surface area (Å²) < 4.78 is 40.2. The van der Waals surface area contributed by atoms with Crippen LogP contribution in [0, 0.1) is 11.8 Å². The van der Waals surface area contributed by atoms with Crippen molar-refractivity contribution in [3.8, 4) is 11.1 Å². The number of carbonyl (C=O) groups is 1. The molecule has 2 aromatic heterocycles. The number of carbonyl (C=O) groups excluding carboxylic acids is 1. The molecule has 1 N–H and O–H groups in total. The zero-order valence-corrected chi connectivity index (χ0v) is 19.0. The van der Waals surface area contributed by atoms with Crippen molar-refractivity contribution in [3.63, 3.8) is 0 Å². The van der Waals surface area contributed by atoms with E-state index in [9.17, 15) is 18.0 Å². The van der Waals surface area contributed by atoms with Gasteiger partial charge in [-0.25, -0.2) is 4.98 Å². The number of hydrogen-bond donors (Lipinski definition) is 1. The Bertz CT molecular complexity index is 1170. The molecule has 2 saturated heterocycles. The molecule has 9 heteroatoms. The first-order chi connectivity index (χ1) is 16.2. The number of nitrogens with one attached hydrogen (secondary N) is 1. The summed E-state index contributed by atoms with van der Waals surface area (Å²) in [4.78, 5) is 19.7. The third-order valence-corrected chi connectivity index (χ3v) is 7.18. The molecule has 1 amide bonds. The predicted molar refractivity (Wildman–Crippen MR) is 122 cm³/mol. The molecular formula is C25H26F3N5O. The quantitative estimate of drug-likeness (QED) is 0.580. The molecule has 3 aliphatic rings. The lowest BCUT2D eigenvalue weighted by Crippen LogP contribution is -2.64. The molecule has 6 nitrogen and oxygen atoms in total. The molecule has 3 aromatic rings. The molecule has 0 radical (unpaired) electrons. The molecule has 2 bridgehead atoms. The summed E-state index contributed by atoms with van der Waals surface area (Å²) in [5, 5.41) is 7.66. The van der Waals surface area contributed by atoms with Crippen LogP contribution in [0.5, 0.6) is 0 Å². The first-order valence-electron chi connectivity index (χ1n) is 11.4. The number of amides is 1. The van der Waals surface area contributed by atoms with Gasteiger partial charge in [-0.2, -0.15) is 18.3 Å². The summed E-state index contributed by atoms with van der Waals surface area (Å²) in [6, 6.07) is 12.1. The normalized spacial score (nSPS) is 24.0. The second-order valence-electron chi connectivity index (χ2n) is 9.27. The largest absolute Gasteiger partial charge is 0.417 e. The molecule has 1 saturated carbocycles. The summed E-state index contributed by atoms with van der Waals surface area (Å²) in [5.41, 5.74) is 1.35. The minimum absolute atomic E-state index is 0.110. The lowest BCUT2D eigenvalue weighted by atomic mass is 9.64. The predicted octanol–water partition coefficient (Wildman–Crippen LogP) is 4.85. The maximum absolute atomic E-state index is 13.8. The van der Waals surface area contributed by atoms with Crippen molar-refractivity contribution in [2.24, 2.45) is 18.9 Å². The molecule has 0 spiro atoms. The van der Waals surface area contributed by atoms with Gasteiger partial charge >= 0.3 is 6.18 Å². The standard InChI is InChI=1S/C25H26F3N5O/c1-15-17-10-19(11-17)33(21(15)13-30-22-9-8-18(12-29-22)25(26,27)28)24(34)23-20(14-32(2)31-23)16-6-4-3-5-7-16/h3-9,12,14-15,17,19,21H,10-11,13H2,1-2H3,(H,29,30)/t15-,17?,19?,21-/m1/s1. The zero-order valence-electron chi connectivity index (χ0n) is 19.0. The lowest BCUT2D eigenvalue weighted by molar-refractivity contribution is -0.137. The number of rotatable bonds is 5. The minimum atomic E-state index is -4.42. The Morgan fingerprint density at radius 2 is 1.88 bits per heavy atom. The Morgan fingerprint density at radius 3 is 2.53 bits per heavy atom. The summed E-state index contributed by atoms with van der Waals surface area (Å²) in [5.74, 6) is 1.04. The van der Waals surface area contributed by atoms with Crippen LogP contribution in [0.15, 0.2) is 54.9 Å². The first-order valence-corrected chi connectivity index (χ1v) is 11.4. The van der Waals surface area contributed by atoms with E-state index in [2.05, 4.69) is 22.3 Å². The van der Waals surface area contributed by atoms with Gasteiger partial charge in [0.25, 0.3) is 5.91 Å². The van der Waals surface area contributed by atoms with Gasteiger partial charge in [0.05, 0.1) is 11.6 Å². The SMILES string of the molecule is C[C@@H]1C2CC(C2)N(C(=O)c2nn(C)cc2-c2ccccc2)[C@@H]1CNc1ccc(C(F)(F)F)cn1. The van der Waals surface area contributed by atoms with Gasteiger partial charge in [-0.15, -0.1) is 0 Å². The third-order valence-electron chi connectivity index (χ3n) is 7.18. The van der Waals surface area contributed by atoms with Gasteiger partial charge in [0.15, 0.2) is 5.69 Å². The van der Waals surface area contributed by atoms with Crippen LogP contribution >= 0.6 is 0 Å². The third kappa shape index (κ3) is 4.03. The van der Waals surface area contributed by atoms with Gasteiger partial charge in [0, 0.05) is 37.6 Å². The van der Waals surface area contributed by atoms with Crippen LogP contribution in [-0.2, 0) is 13.2 Å². The fraction of sp³-hybridized carbons (Fsp3) is 0.400. The van der Waals surface area contributed by atoms with Crippen molar-refractivity contribution >= 4 is 11.7 Å². The number of halogens is 3. The summed E-state index contributed by atoms with van der Waals surface area (Å²) in [6.45, 7) is 2.55. The fourth-order valence-electron chi connectivity index (χ4n) is 5.20. The summed E-state index contributed by atoms with van der Waals surface area (Å²) in [7, 11) is 1.80. The maximum Gasteiger partial charge on any atom is 0.417 e. The second kappa shape index (κ2) is 8.45. The van der Waals surface area contributed by atoms with Crippen molar-refractivity contribution in [3.05, 3.63) is 66.1 Å². The first kappa shape index (κ1) is 22.4. The number of aryl methyl sites for hydroxylation is 1. The van der Waals surface area contributed by atoms with Gasteiger partial charge in [0.1, 0.15) is 5.82 Å². The lowest BCUT2D eigenvalue weighted by Gasteiger charge is -2.57. The van der Waals surface area contributed by atoms with E-state index in [1.165, 1.54) is 6.07 Å². The van der Waals surface area contributed by atoms with E-state index in [1.54, 1.807) is 11.7 Å². The zero-order chi connectivity index (χ0) is 24.0.